The maximum Gasteiger partial charge on any atom is 0.338 e. The normalized spacial score (nSPS) is 22.9. The molecule has 160 valence electrons. The van der Waals surface area contributed by atoms with Crippen LogP contribution in [0, 0.1) is 17.8 Å². The lowest BCUT2D eigenvalue weighted by atomic mass is 9.76. The Morgan fingerprint density at radius 2 is 1.55 bits per heavy atom. The van der Waals surface area contributed by atoms with E-state index in [1.165, 1.54) is 17.0 Å². The Kier molecular flexibility index (Phi) is 5.92. The SMILES string of the molecule is C[C@H]1CC[C@@H]2C(=O)N(c3ccc(C(=O)OCC(=O)c4ccc(Cl)cc4)cc3)C(=O)[C@@H]2C1. The molecule has 0 N–H and O–H groups in total. The van der Waals surface area contributed by atoms with Crippen molar-refractivity contribution in [3.05, 3.63) is 64.7 Å². The summed E-state index contributed by atoms with van der Waals surface area (Å²) in [6, 6.07) is 12.4. The number of benzene rings is 2. The highest BCUT2D eigenvalue weighted by atomic mass is 35.5. The molecule has 1 aliphatic carbocycles. The van der Waals surface area contributed by atoms with Gasteiger partial charge in [-0.3, -0.25) is 19.3 Å². The molecule has 2 aromatic carbocycles. The van der Waals surface area contributed by atoms with Crippen LogP contribution >= 0.6 is 11.6 Å². The second-order valence-electron chi connectivity index (χ2n) is 8.20. The number of ether oxygens (including phenoxy) is 1. The molecule has 3 atom stereocenters. The lowest BCUT2D eigenvalue weighted by molar-refractivity contribution is -0.122. The Morgan fingerprint density at radius 3 is 2.23 bits per heavy atom. The highest BCUT2D eigenvalue weighted by Crippen LogP contribution is 2.42. The van der Waals surface area contributed by atoms with Crippen molar-refractivity contribution < 1.29 is 23.9 Å². The molecule has 6 nitrogen and oxygen atoms in total. The molecule has 0 aromatic heterocycles. The molecule has 0 bridgehead atoms. The van der Waals surface area contributed by atoms with Crippen LogP contribution in [0.5, 0.6) is 0 Å². The number of amides is 2. The fourth-order valence-corrected chi connectivity index (χ4v) is 4.45. The van der Waals surface area contributed by atoms with E-state index in [0.29, 0.717) is 22.2 Å². The third-order valence-corrected chi connectivity index (χ3v) is 6.30. The van der Waals surface area contributed by atoms with Crippen molar-refractivity contribution in [3.63, 3.8) is 0 Å². The molecular weight excluding hydrogens is 418 g/mol. The Labute approximate surface area is 185 Å². The summed E-state index contributed by atoms with van der Waals surface area (Å²) >= 11 is 5.80. The van der Waals surface area contributed by atoms with Gasteiger partial charge in [-0.2, -0.15) is 0 Å². The molecule has 1 heterocycles. The second kappa shape index (κ2) is 8.63. The van der Waals surface area contributed by atoms with E-state index in [0.717, 1.165) is 19.3 Å². The number of halogens is 1. The van der Waals surface area contributed by atoms with E-state index in [-0.39, 0.29) is 35.0 Å². The largest absolute Gasteiger partial charge is 0.454 e. The molecule has 2 aliphatic rings. The van der Waals surface area contributed by atoms with Crippen LogP contribution < -0.4 is 4.90 Å². The Morgan fingerprint density at radius 1 is 0.935 bits per heavy atom. The van der Waals surface area contributed by atoms with Gasteiger partial charge in [0, 0.05) is 10.6 Å². The lowest BCUT2D eigenvalue weighted by Gasteiger charge is -2.25. The number of hydrogen-bond donors (Lipinski definition) is 0. The number of anilines is 1. The van der Waals surface area contributed by atoms with E-state index < -0.39 is 12.6 Å². The van der Waals surface area contributed by atoms with Crippen molar-refractivity contribution in [2.45, 2.75) is 26.2 Å². The molecule has 4 rings (SSSR count). The van der Waals surface area contributed by atoms with Crippen molar-refractivity contribution in [2.75, 3.05) is 11.5 Å². The van der Waals surface area contributed by atoms with E-state index in [2.05, 4.69) is 6.92 Å². The van der Waals surface area contributed by atoms with Crippen LogP contribution in [0.2, 0.25) is 5.02 Å². The Hall–Kier alpha value is -2.99. The summed E-state index contributed by atoms with van der Waals surface area (Å²) in [5, 5.41) is 0.511. The first kappa shape index (κ1) is 21.2. The third-order valence-electron chi connectivity index (χ3n) is 6.05. The minimum atomic E-state index is -0.657. The summed E-state index contributed by atoms with van der Waals surface area (Å²) in [6.45, 7) is 1.71. The summed E-state index contributed by atoms with van der Waals surface area (Å²) in [5.74, 6) is -1.38. The zero-order valence-electron chi connectivity index (χ0n) is 17.0. The summed E-state index contributed by atoms with van der Waals surface area (Å²) < 4.78 is 5.10. The van der Waals surface area contributed by atoms with Gasteiger partial charge in [0.05, 0.1) is 23.1 Å². The predicted molar refractivity (Wildman–Crippen MR) is 115 cm³/mol. The first-order valence-corrected chi connectivity index (χ1v) is 10.7. The molecule has 0 spiro atoms. The van der Waals surface area contributed by atoms with E-state index in [9.17, 15) is 19.2 Å². The molecule has 7 heteroatoms. The number of hydrogen-bond acceptors (Lipinski definition) is 5. The number of nitrogens with zero attached hydrogens (tertiary/aromatic N) is 1. The maximum atomic E-state index is 12.8. The smallest absolute Gasteiger partial charge is 0.338 e. The monoisotopic (exact) mass is 439 g/mol. The molecule has 1 saturated heterocycles. The summed E-state index contributed by atoms with van der Waals surface area (Å²) in [7, 11) is 0. The third kappa shape index (κ3) is 4.26. The van der Waals surface area contributed by atoms with Crippen molar-refractivity contribution in [1.82, 2.24) is 0 Å². The Balaban J connectivity index is 1.40. The minimum absolute atomic E-state index is 0.161. The number of rotatable bonds is 5. The quantitative estimate of drug-likeness (QED) is 0.394. The van der Waals surface area contributed by atoms with Crippen molar-refractivity contribution in [1.29, 1.82) is 0 Å². The van der Waals surface area contributed by atoms with Gasteiger partial charge in [0.15, 0.2) is 12.4 Å². The van der Waals surface area contributed by atoms with E-state index >= 15 is 0 Å². The zero-order valence-corrected chi connectivity index (χ0v) is 17.8. The van der Waals surface area contributed by atoms with Gasteiger partial charge in [0.2, 0.25) is 11.8 Å². The van der Waals surface area contributed by atoms with Crippen molar-refractivity contribution >= 4 is 40.9 Å². The molecule has 2 fully saturated rings. The van der Waals surface area contributed by atoms with Crippen molar-refractivity contribution in [2.24, 2.45) is 17.8 Å². The lowest BCUT2D eigenvalue weighted by Crippen LogP contribution is -2.30. The summed E-state index contributed by atoms with van der Waals surface area (Å²) in [4.78, 5) is 51.3. The fourth-order valence-electron chi connectivity index (χ4n) is 4.32. The maximum absolute atomic E-state index is 12.8. The summed E-state index contributed by atoms with van der Waals surface area (Å²) in [5.41, 5.74) is 1.08. The van der Waals surface area contributed by atoms with Crippen LogP contribution in [0.25, 0.3) is 0 Å². The van der Waals surface area contributed by atoms with Gasteiger partial charge in [0.25, 0.3) is 0 Å². The van der Waals surface area contributed by atoms with Crippen LogP contribution in [0.3, 0.4) is 0 Å². The molecule has 0 radical (unpaired) electrons. The van der Waals surface area contributed by atoms with Crippen LogP contribution in [-0.2, 0) is 14.3 Å². The minimum Gasteiger partial charge on any atom is -0.454 e. The number of esters is 1. The molecule has 1 aliphatic heterocycles. The zero-order chi connectivity index (χ0) is 22.1. The highest BCUT2D eigenvalue weighted by molar-refractivity contribution is 6.30. The second-order valence-corrected chi connectivity index (χ2v) is 8.63. The average molecular weight is 440 g/mol. The van der Waals surface area contributed by atoms with Gasteiger partial charge in [-0.25, -0.2) is 4.79 Å². The number of imide groups is 1. The molecule has 1 saturated carbocycles. The molecular formula is C24H22ClNO5. The number of ketones is 1. The number of Topliss-reactive ketones (excluding diaryl/α,β-unsaturated/α-hetero) is 1. The van der Waals surface area contributed by atoms with Gasteiger partial charge >= 0.3 is 5.97 Å². The van der Waals surface area contributed by atoms with Gasteiger partial charge in [-0.1, -0.05) is 18.5 Å². The van der Waals surface area contributed by atoms with Crippen LogP contribution in [0.1, 0.15) is 46.9 Å². The number of fused-ring (bicyclic) bond motifs is 1. The molecule has 2 amide bonds. The first-order valence-electron chi connectivity index (χ1n) is 10.3. The van der Waals surface area contributed by atoms with Crippen LogP contribution in [0.4, 0.5) is 5.69 Å². The van der Waals surface area contributed by atoms with Gasteiger partial charge in [-0.05, 0) is 73.7 Å². The summed E-state index contributed by atoms with van der Waals surface area (Å²) in [6.07, 6.45) is 2.42. The van der Waals surface area contributed by atoms with Gasteiger partial charge in [-0.15, -0.1) is 0 Å². The topological polar surface area (TPSA) is 80.8 Å². The predicted octanol–water partition coefficient (Wildman–Crippen LogP) is 4.31. The first-order chi connectivity index (χ1) is 14.8. The standard InChI is InChI=1S/C24H22ClNO5/c1-14-2-11-19-20(12-14)23(29)26(22(19)28)18-9-5-16(6-10-18)24(30)31-13-21(27)15-3-7-17(25)8-4-15/h3-10,14,19-20H,2,11-13H2,1H3/t14-,19-,20+/m0/s1. The fraction of sp³-hybridized carbons (Fsp3) is 0.333. The molecule has 0 unspecified atom stereocenters. The number of carbonyl (C=O) groups is 4. The Bertz CT molecular complexity index is 1030. The average Bonchev–Trinajstić information content (AvgIpc) is 3.02. The molecule has 2 aromatic rings. The van der Waals surface area contributed by atoms with Crippen LogP contribution in [-0.4, -0.2) is 30.2 Å². The van der Waals surface area contributed by atoms with E-state index in [4.69, 9.17) is 16.3 Å². The van der Waals surface area contributed by atoms with Crippen LogP contribution in [0.15, 0.2) is 48.5 Å². The highest BCUT2D eigenvalue weighted by Gasteiger charge is 2.49. The number of carbonyl (C=O) groups excluding carboxylic acids is 4. The van der Waals surface area contributed by atoms with E-state index in [1.54, 1.807) is 36.4 Å². The van der Waals surface area contributed by atoms with Gasteiger partial charge < -0.3 is 4.74 Å². The van der Waals surface area contributed by atoms with Crippen molar-refractivity contribution in [3.8, 4) is 0 Å². The molecule has 31 heavy (non-hydrogen) atoms. The van der Waals surface area contributed by atoms with Gasteiger partial charge in [0.1, 0.15) is 0 Å². The van der Waals surface area contributed by atoms with E-state index in [1.807, 2.05) is 0 Å².